The maximum atomic E-state index is 12.5. The molecule has 0 aliphatic heterocycles. The fourth-order valence-corrected chi connectivity index (χ4v) is 2.95. The van der Waals surface area contributed by atoms with E-state index in [1.807, 2.05) is 69.2 Å². The zero-order chi connectivity index (χ0) is 36.1. The van der Waals surface area contributed by atoms with E-state index in [1.54, 1.807) is 26.0 Å². The molecule has 268 valence electrons. The molecule has 0 aromatic carbocycles. The minimum absolute atomic E-state index is 0.339. The van der Waals surface area contributed by atoms with Crippen molar-refractivity contribution in [3.05, 3.63) is 23.3 Å². The number of esters is 2. The van der Waals surface area contributed by atoms with Crippen LogP contribution in [0.25, 0.3) is 0 Å². The van der Waals surface area contributed by atoms with Gasteiger partial charge in [-0.25, -0.2) is 33.9 Å². The van der Waals surface area contributed by atoms with E-state index in [9.17, 15) is 14.4 Å². The molecule has 0 amide bonds. The second kappa shape index (κ2) is 18.7. The summed E-state index contributed by atoms with van der Waals surface area (Å²) in [6, 6.07) is 0. The van der Waals surface area contributed by atoms with Gasteiger partial charge in [0.1, 0.15) is 11.2 Å². The Hall–Kier alpha value is -2.55. The van der Waals surface area contributed by atoms with Crippen LogP contribution < -0.4 is 0 Å². The first-order valence-electron chi connectivity index (χ1n) is 15.4. The van der Waals surface area contributed by atoms with Crippen molar-refractivity contribution >= 4 is 18.1 Å². The lowest BCUT2D eigenvalue weighted by atomic mass is 10.0. The second-order valence-electron chi connectivity index (χ2n) is 14.1. The molecule has 0 rings (SSSR count). The van der Waals surface area contributed by atoms with E-state index in [1.165, 1.54) is 27.7 Å². The molecule has 0 spiro atoms. The Bertz CT molecular complexity index is 951. The van der Waals surface area contributed by atoms with Crippen molar-refractivity contribution in [3.63, 3.8) is 0 Å². The summed E-state index contributed by atoms with van der Waals surface area (Å²) in [6.45, 7) is 27.6. The van der Waals surface area contributed by atoms with E-state index in [2.05, 4.69) is 0 Å². The Morgan fingerprint density at radius 3 is 1.07 bits per heavy atom. The van der Waals surface area contributed by atoms with Crippen LogP contribution in [-0.4, -0.2) is 65.7 Å². The molecule has 13 nitrogen and oxygen atoms in total. The van der Waals surface area contributed by atoms with Crippen molar-refractivity contribution in [1.82, 2.24) is 0 Å². The van der Waals surface area contributed by atoms with Gasteiger partial charge in [-0.05, 0) is 124 Å². The molecule has 0 aliphatic carbocycles. The predicted molar refractivity (Wildman–Crippen MR) is 169 cm³/mol. The highest BCUT2D eigenvalue weighted by Crippen LogP contribution is 2.22. The number of hydrogen-bond donors (Lipinski definition) is 0. The molecule has 4 unspecified atom stereocenters. The molecule has 0 aromatic heterocycles. The van der Waals surface area contributed by atoms with E-state index in [0.29, 0.717) is 24.0 Å². The Kier molecular flexibility index (Phi) is 17.7. The van der Waals surface area contributed by atoms with Gasteiger partial charge in [0, 0.05) is 11.1 Å². The van der Waals surface area contributed by atoms with Gasteiger partial charge >= 0.3 is 18.1 Å². The summed E-state index contributed by atoms with van der Waals surface area (Å²) in [6.07, 6.45) is -1.31. The van der Waals surface area contributed by atoms with Crippen LogP contribution in [0.15, 0.2) is 23.3 Å². The average molecular weight is 663 g/mol. The summed E-state index contributed by atoms with van der Waals surface area (Å²) in [5.41, 5.74) is -1.62. The molecule has 46 heavy (non-hydrogen) atoms. The van der Waals surface area contributed by atoms with Gasteiger partial charge in [-0.3, -0.25) is 0 Å². The number of carbonyl (C=O) groups is 3. The van der Waals surface area contributed by atoms with Crippen LogP contribution in [0.1, 0.15) is 124 Å². The van der Waals surface area contributed by atoms with Crippen LogP contribution in [0, 0.1) is 0 Å². The predicted octanol–water partition coefficient (Wildman–Crippen LogP) is 7.37. The highest BCUT2D eigenvalue weighted by molar-refractivity contribution is 5.88. The molecule has 0 saturated carbocycles. The zero-order valence-electron chi connectivity index (χ0n) is 30.7. The molecule has 0 N–H and O–H groups in total. The molecular weight excluding hydrogens is 604 g/mol. The van der Waals surface area contributed by atoms with Crippen LogP contribution in [0.4, 0.5) is 4.79 Å². The van der Waals surface area contributed by atoms with Gasteiger partial charge in [-0.15, -0.1) is 0 Å². The highest BCUT2D eigenvalue weighted by Gasteiger charge is 2.26. The summed E-state index contributed by atoms with van der Waals surface area (Å²) in [4.78, 5) is 58.8. The second-order valence-corrected chi connectivity index (χ2v) is 14.1. The molecule has 13 heteroatoms. The molecule has 0 heterocycles. The lowest BCUT2D eigenvalue weighted by molar-refractivity contribution is -0.396. The molecule has 0 aromatic rings. The van der Waals surface area contributed by atoms with E-state index >= 15 is 0 Å². The Morgan fingerprint density at radius 1 is 0.500 bits per heavy atom. The first-order valence-corrected chi connectivity index (χ1v) is 15.4. The summed E-state index contributed by atoms with van der Waals surface area (Å²) < 4.78 is 31.5. The number of ether oxygens (including phenoxy) is 6. The quantitative estimate of drug-likeness (QED) is 0.0360. The normalized spacial score (nSPS) is 16.3. The van der Waals surface area contributed by atoms with Crippen LogP contribution >= 0.6 is 0 Å². The van der Waals surface area contributed by atoms with Crippen LogP contribution in [-0.2, 0) is 57.6 Å². The topological polar surface area (TPSA) is 144 Å². The van der Waals surface area contributed by atoms with Gasteiger partial charge in [0.2, 0.25) is 25.2 Å². The lowest BCUT2D eigenvalue weighted by Gasteiger charge is -2.27. The van der Waals surface area contributed by atoms with Crippen molar-refractivity contribution in [3.8, 4) is 0 Å². The molecule has 0 bridgehead atoms. The van der Waals surface area contributed by atoms with Crippen molar-refractivity contribution in [2.24, 2.45) is 0 Å². The third kappa shape index (κ3) is 22.1. The van der Waals surface area contributed by atoms with Crippen molar-refractivity contribution in [1.29, 1.82) is 0 Å². The zero-order valence-corrected chi connectivity index (χ0v) is 30.7. The molecule has 0 saturated heterocycles. The summed E-state index contributed by atoms with van der Waals surface area (Å²) in [5.74, 6) is -1.23. The largest absolute Gasteiger partial charge is 0.512 e. The Morgan fingerprint density at radius 2 is 0.783 bits per heavy atom. The molecule has 0 radical (unpaired) electrons. The molecule has 0 aliphatic rings. The molecule has 0 fully saturated rings. The van der Waals surface area contributed by atoms with E-state index in [-0.39, 0.29) is 0 Å². The standard InChI is InChI=1S/C33H58O13/c1-21(17-19-32(13,14)45-43-30(7,8)9)27(34)39-23(3)37-25(5)41-29(36)42-26(6)38-24(4)40-28(35)22(2)18-20-33(15,16)46-44-31(10,11)12/h17-18,23-26H,19-20H2,1-16H3/b21-17+,22-18+. The van der Waals surface area contributed by atoms with Gasteiger partial charge in [-0.2, -0.15) is 0 Å². The lowest BCUT2D eigenvalue weighted by Crippen LogP contribution is -2.31. The first-order chi connectivity index (χ1) is 20.7. The Balaban J connectivity index is 4.64. The van der Waals surface area contributed by atoms with Gasteiger partial charge in [0.15, 0.2) is 0 Å². The molecular formula is C33H58O13. The summed E-state index contributed by atoms with van der Waals surface area (Å²) in [7, 11) is 0. The minimum Gasteiger partial charge on any atom is -0.433 e. The Labute approximate surface area is 275 Å². The first kappa shape index (κ1) is 43.5. The van der Waals surface area contributed by atoms with Gasteiger partial charge in [-0.1, -0.05) is 12.2 Å². The minimum atomic E-state index is -1.13. The summed E-state index contributed by atoms with van der Waals surface area (Å²) in [5, 5.41) is 0. The van der Waals surface area contributed by atoms with Gasteiger partial charge in [0.05, 0.1) is 11.2 Å². The fourth-order valence-electron chi connectivity index (χ4n) is 2.95. The van der Waals surface area contributed by atoms with Crippen LogP contribution in [0.3, 0.4) is 0 Å². The van der Waals surface area contributed by atoms with Crippen molar-refractivity contribution in [2.75, 3.05) is 0 Å². The van der Waals surface area contributed by atoms with Gasteiger partial charge in [0.25, 0.3) is 0 Å². The van der Waals surface area contributed by atoms with E-state index in [0.717, 1.165) is 0 Å². The van der Waals surface area contributed by atoms with Crippen molar-refractivity contribution in [2.45, 2.75) is 171 Å². The smallest absolute Gasteiger partial charge is 0.433 e. The average Bonchev–Trinajstić information content (AvgIpc) is 2.86. The number of hydrogen-bond acceptors (Lipinski definition) is 13. The summed E-state index contributed by atoms with van der Waals surface area (Å²) >= 11 is 0. The molecule has 4 atom stereocenters. The monoisotopic (exact) mass is 662 g/mol. The van der Waals surface area contributed by atoms with E-state index < -0.39 is 65.7 Å². The van der Waals surface area contributed by atoms with Gasteiger partial charge < -0.3 is 28.4 Å². The fraction of sp³-hybridized carbons (Fsp3) is 0.788. The third-order valence-electron chi connectivity index (χ3n) is 5.32. The number of rotatable bonds is 18. The maximum Gasteiger partial charge on any atom is 0.512 e. The number of carbonyl (C=O) groups excluding carboxylic acids is 3. The van der Waals surface area contributed by atoms with E-state index in [4.69, 9.17) is 48.0 Å². The van der Waals surface area contributed by atoms with Crippen molar-refractivity contribution < 1.29 is 62.4 Å². The van der Waals surface area contributed by atoms with Crippen LogP contribution in [0.5, 0.6) is 0 Å². The third-order valence-corrected chi connectivity index (χ3v) is 5.32. The highest BCUT2D eigenvalue weighted by atomic mass is 17.2. The maximum absolute atomic E-state index is 12.5. The van der Waals surface area contributed by atoms with Crippen LogP contribution in [0.2, 0.25) is 0 Å². The SMILES string of the molecule is C/C(=C\CC(C)(C)OOC(C)(C)C)C(=O)OC(C)OC(C)OC(=O)OC(C)OC(C)OC(=O)/C(C)=C/CC(C)(C)OOC(C)(C)C.